The fourth-order valence-corrected chi connectivity index (χ4v) is 4.72. The molecule has 1 saturated carbocycles. The molecule has 3 aliphatic rings. The number of carbonyl (C=O) groups excluding carboxylic acids is 2. The number of carbonyl (C=O) groups is 2. The Morgan fingerprint density at radius 3 is 2.58 bits per heavy atom. The van der Waals surface area contributed by atoms with Crippen LogP contribution in [0.3, 0.4) is 0 Å². The molecular weight excluding hydrogens is 302 g/mol. The van der Waals surface area contributed by atoms with E-state index >= 15 is 0 Å². The van der Waals surface area contributed by atoms with E-state index < -0.39 is 0 Å². The number of urea groups is 1. The maximum Gasteiger partial charge on any atom is 0.332 e. The van der Waals surface area contributed by atoms with Crippen molar-refractivity contribution in [2.45, 2.75) is 31.3 Å². The normalized spacial score (nSPS) is 27.9. The molecule has 2 saturated heterocycles. The van der Waals surface area contributed by atoms with Crippen LogP contribution >= 0.6 is 0 Å². The lowest BCUT2D eigenvalue weighted by molar-refractivity contribution is -0.120. The zero-order chi connectivity index (χ0) is 16.4. The van der Waals surface area contributed by atoms with Crippen LogP contribution in [-0.4, -0.2) is 28.9 Å². The Hall–Kier alpha value is -2.87. The lowest BCUT2D eigenvalue weighted by Gasteiger charge is -2.25. The van der Waals surface area contributed by atoms with Gasteiger partial charge in [0.2, 0.25) is 0 Å². The zero-order valence-electron chi connectivity index (χ0n) is 13.0. The molecule has 0 N–H and O–H groups in total. The first-order chi connectivity index (χ1) is 11.7. The second kappa shape index (κ2) is 4.57. The van der Waals surface area contributed by atoms with Gasteiger partial charge in [-0.3, -0.25) is 4.79 Å². The van der Waals surface area contributed by atoms with Crippen LogP contribution in [-0.2, 0) is 4.79 Å². The van der Waals surface area contributed by atoms with E-state index in [1.165, 1.54) is 4.90 Å². The molecule has 2 unspecified atom stereocenters. The van der Waals surface area contributed by atoms with Gasteiger partial charge in [0.15, 0.2) is 0 Å². The van der Waals surface area contributed by atoms with Gasteiger partial charge in [-0.1, -0.05) is 24.3 Å². The summed E-state index contributed by atoms with van der Waals surface area (Å²) in [6.07, 6.45) is 3.00. The summed E-state index contributed by atoms with van der Waals surface area (Å²) in [7, 11) is 0. The van der Waals surface area contributed by atoms with Crippen molar-refractivity contribution < 1.29 is 9.59 Å². The summed E-state index contributed by atoms with van der Waals surface area (Å²) in [4.78, 5) is 29.1. The van der Waals surface area contributed by atoms with E-state index in [2.05, 4.69) is 6.07 Å². The molecule has 0 radical (unpaired) electrons. The zero-order valence-corrected chi connectivity index (χ0v) is 13.0. The van der Waals surface area contributed by atoms with Gasteiger partial charge in [0, 0.05) is 16.8 Å². The summed E-state index contributed by atoms with van der Waals surface area (Å²) >= 11 is 0. The fraction of sp³-hybridized carbons (Fsp3) is 0.316. The highest BCUT2D eigenvalue weighted by Gasteiger charge is 2.59. The summed E-state index contributed by atoms with van der Waals surface area (Å²) in [5.41, 5.74) is 1.14. The van der Waals surface area contributed by atoms with Crippen LogP contribution in [0.4, 0.5) is 10.5 Å². The van der Waals surface area contributed by atoms with E-state index in [1.807, 2.05) is 24.3 Å². The van der Waals surface area contributed by atoms with Crippen LogP contribution in [0.5, 0.6) is 0 Å². The van der Waals surface area contributed by atoms with E-state index in [4.69, 9.17) is 0 Å². The van der Waals surface area contributed by atoms with Gasteiger partial charge in [-0.25, -0.2) is 9.69 Å². The van der Waals surface area contributed by atoms with Gasteiger partial charge in [-0.2, -0.15) is 5.26 Å². The van der Waals surface area contributed by atoms with Crippen LogP contribution in [0.25, 0.3) is 10.8 Å². The lowest BCUT2D eigenvalue weighted by atomic mass is 9.98. The standard InChI is InChI=1S/C19H15N3O2/c20-10-12-6-8-16(15-4-2-1-3-14(12)15)22-18(23)17-11-5-7-13(9-11)21(17)19(22)24/h1-4,6,8,11,13,17H,5,7,9H2/t11?,13?,17-/m1/s1. The maximum absolute atomic E-state index is 13.0. The highest BCUT2D eigenvalue weighted by atomic mass is 16.2. The Kier molecular flexibility index (Phi) is 2.58. The van der Waals surface area contributed by atoms with Gasteiger partial charge in [0.1, 0.15) is 6.04 Å². The van der Waals surface area contributed by atoms with Crippen LogP contribution in [0, 0.1) is 17.2 Å². The predicted octanol–water partition coefficient (Wildman–Crippen LogP) is 3.03. The van der Waals surface area contributed by atoms with Gasteiger partial charge in [-0.15, -0.1) is 0 Å². The molecule has 118 valence electrons. The number of anilines is 1. The Bertz CT molecular complexity index is 917. The van der Waals surface area contributed by atoms with Crippen LogP contribution < -0.4 is 4.90 Å². The molecule has 5 heteroatoms. The third-order valence-electron chi connectivity index (χ3n) is 5.73. The van der Waals surface area contributed by atoms with Crippen LogP contribution in [0.15, 0.2) is 36.4 Å². The Morgan fingerprint density at radius 2 is 1.83 bits per heavy atom. The minimum absolute atomic E-state index is 0.109. The van der Waals surface area contributed by atoms with Crippen molar-refractivity contribution >= 4 is 28.4 Å². The van der Waals surface area contributed by atoms with E-state index in [9.17, 15) is 14.9 Å². The summed E-state index contributed by atoms with van der Waals surface area (Å²) in [5, 5.41) is 10.8. The molecule has 5 nitrogen and oxygen atoms in total. The maximum atomic E-state index is 13.0. The van der Waals surface area contributed by atoms with Gasteiger partial charge >= 0.3 is 6.03 Å². The molecule has 24 heavy (non-hydrogen) atoms. The first-order valence-corrected chi connectivity index (χ1v) is 8.29. The quantitative estimate of drug-likeness (QED) is 0.759. The highest BCUT2D eigenvalue weighted by molar-refractivity contribution is 6.25. The van der Waals surface area contributed by atoms with Crippen molar-refractivity contribution in [3.63, 3.8) is 0 Å². The molecule has 0 spiro atoms. The lowest BCUT2D eigenvalue weighted by Crippen LogP contribution is -2.40. The topological polar surface area (TPSA) is 64.4 Å². The Morgan fingerprint density at radius 1 is 1.04 bits per heavy atom. The van der Waals surface area contributed by atoms with Crippen molar-refractivity contribution in [3.05, 3.63) is 42.0 Å². The second-order valence-electron chi connectivity index (χ2n) is 6.82. The second-order valence-corrected chi connectivity index (χ2v) is 6.82. The molecule has 0 aromatic heterocycles. The molecule has 2 aliphatic heterocycles. The molecule has 2 heterocycles. The Balaban J connectivity index is 1.68. The van der Waals surface area contributed by atoms with Crippen molar-refractivity contribution in [1.82, 2.24) is 4.90 Å². The number of rotatable bonds is 1. The Labute approximate surface area is 139 Å². The molecular formula is C19H15N3O2. The summed E-state index contributed by atoms with van der Waals surface area (Å²) in [5.74, 6) is 0.197. The highest BCUT2D eigenvalue weighted by Crippen LogP contribution is 2.47. The number of piperidine rings is 1. The van der Waals surface area contributed by atoms with Gasteiger partial charge in [-0.05, 0) is 37.3 Å². The average molecular weight is 317 g/mol. The molecule has 2 aromatic rings. The summed E-state index contributed by atoms with van der Waals surface area (Å²) < 4.78 is 0. The SMILES string of the molecule is N#Cc1ccc(N2C(=O)[C@H]3C4CCC(C4)N3C2=O)c2ccccc12. The van der Waals surface area contributed by atoms with Gasteiger partial charge in [0.25, 0.3) is 5.91 Å². The van der Waals surface area contributed by atoms with Gasteiger partial charge in [0.05, 0.1) is 17.3 Å². The molecule has 3 amide bonds. The third-order valence-corrected chi connectivity index (χ3v) is 5.73. The van der Waals surface area contributed by atoms with E-state index in [0.717, 1.165) is 30.0 Å². The number of benzene rings is 2. The van der Waals surface area contributed by atoms with Crippen LogP contribution in [0.1, 0.15) is 24.8 Å². The minimum atomic E-state index is -0.286. The number of amides is 3. The number of imide groups is 1. The van der Waals surface area contributed by atoms with Crippen molar-refractivity contribution in [2.75, 3.05) is 4.90 Å². The summed E-state index contributed by atoms with van der Waals surface area (Å²) in [6, 6.07) is 12.8. The van der Waals surface area contributed by atoms with Crippen molar-refractivity contribution in [2.24, 2.45) is 5.92 Å². The largest absolute Gasteiger partial charge is 0.332 e. The number of nitriles is 1. The number of hydrogen-bond donors (Lipinski definition) is 0. The van der Waals surface area contributed by atoms with Gasteiger partial charge < -0.3 is 4.90 Å². The van der Waals surface area contributed by atoms with E-state index in [-0.39, 0.29) is 24.0 Å². The molecule has 2 aromatic carbocycles. The molecule has 1 aliphatic carbocycles. The smallest absolute Gasteiger partial charge is 0.309 e. The monoisotopic (exact) mass is 317 g/mol. The first kappa shape index (κ1) is 13.6. The number of fused-ring (bicyclic) bond motifs is 6. The molecule has 5 rings (SSSR count). The minimum Gasteiger partial charge on any atom is -0.309 e. The van der Waals surface area contributed by atoms with E-state index in [0.29, 0.717) is 17.2 Å². The van der Waals surface area contributed by atoms with E-state index in [1.54, 1.807) is 17.0 Å². The fourth-order valence-electron chi connectivity index (χ4n) is 4.72. The molecule has 3 atom stereocenters. The van der Waals surface area contributed by atoms with Crippen LogP contribution in [0.2, 0.25) is 0 Å². The number of nitrogens with zero attached hydrogens (tertiary/aromatic N) is 3. The van der Waals surface area contributed by atoms with Crippen molar-refractivity contribution in [3.8, 4) is 6.07 Å². The number of hydrogen-bond acceptors (Lipinski definition) is 3. The first-order valence-electron chi connectivity index (χ1n) is 8.29. The molecule has 3 fully saturated rings. The van der Waals surface area contributed by atoms with Crippen molar-refractivity contribution in [1.29, 1.82) is 5.26 Å². The predicted molar refractivity (Wildman–Crippen MR) is 88.3 cm³/mol. The third kappa shape index (κ3) is 1.53. The summed E-state index contributed by atoms with van der Waals surface area (Å²) in [6.45, 7) is 0. The molecule has 2 bridgehead atoms. The average Bonchev–Trinajstić information content (AvgIpc) is 3.28.